The molecule has 10 heteroatoms. The van der Waals surface area contributed by atoms with Gasteiger partial charge in [0.1, 0.15) is 17.7 Å². The van der Waals surface area contributed by atoms with E-state index in [1.807, 2.05) is 0 Å². The topological polar surface area (TPSA) is 105 Å². The van der Waals surface area contributed by atoms with Crippen LogP contribution in [0.25, 0.3) is 22.2 Å². The number of nitrogens with one attached hydrogen (secondary N) is 3. The van der Waals surface area contributed by atoms with E-state index in [-0.39, 0.29) is 23.8 Å². The molecule has 1 aliphatic heterocycles. The van der Waals surface area contributed by atoms with Crippen LogP contribution in [-0.2, 0) is 0 Å². The maximum atomic E-state index is 15.3. The predicted octanol–water partition coefficient (Wildman–Crippen LogP) is 3.59. The average Bonchev–Trinajstić information content (AvgIpc) is 2.88. The molecule has 172 valence electrons. The van der Waals surface area contributed by atoms with Crippen molar-refractivity contribution < 1.29 is 13.6 Å². The number of hydrogen-bond acceptors (Lipinski definition) is 7. The van der Waals surface area contributed by atoms with E-state index < -0.39 is 17.9 Å². The molecule has 0 saturated carbocycles. The zero-order valence-corrected chi connectivity index (χ0v) is 18.0. The van der Waals surface area contributed by atoms with Crippen molar-refractivity contribution in [2.45, 2.75) is 18.6 Å². The molecule has 1 amide bonds. The zero-order valence-electron chi connectivity index (χ0n) is 18.0. The van der Waals surface area contributed by atoms with Crippen LogP contribution in [0.1, 0.15) is 16.8 Å². The quantitative estimate of drug-likeness (QED) is 0.417. The van der Waals surface area contributed by atoms with E-state index in [0.29, 0.717) is 41.1 Å². The van der Waals surface area contributed by atoms with E-state index in [4.69, 9.17) is 0 Å². The summed E-state index contributed by atoms with van der Waals surface area (Å²) >= 11 is 0. The third-order valence-electron chi connectivity index (χ3n) is 5.62. The number of hydrogen-bond donors (Lipinski definition) is 3. The van der Waals surface area contributed by atoms with Gasteiger partial charge in [0.2, 0.25) is 0 Å². The van der Waals surface area contributed by atoms with Crippen molar-refractivity contribution in [2.24, 2.45) is 0 Å². The Balaban J connectivity index is 1.42. The lowest BCUT2D eigenvalue weighted by Crippen LogP contribution is -2.45. The molecule has 4 heterocycles. The highest BCUT2D eigenvalue weighted by molar-refractivity contribution is 6.04. The minimum atomic E-state index is -1.04. The van der Waals surface area contributed by atoms with Gasteiger partial charge in [-0.1, -0.05) is 18.2 Å². The Kier molecular flexibility index (Phi) is 6.05. The molecule has 1 aromatic carbocycles. The fourth-order valence-electron chi connectivity index (χ4n) is 3.81. The molecular weight excluding hydrogens is 440 g/mol. The Hall–Kier alpha value is -4.05. The van der Waals surface area contributed by atoms with E-state index in [1.165, 1.54) is 30.9 Å². The van der Waals surface area contributed by atoms with Gasteiger partial charge in [0.15, 0.2) is 11.6 Å². The fourth-order valence-corrected chi connectivity index (χ4v) is 3.81. The third kappa shape index (κ3) is 4.53. The van der Waals surface area contributed by atoms with Crippen LogP contribution in [-0.4, -0.2) is 51.1 Å². The number of nitrogens with zero attached hydrogens (tertiary/aromatic N) is 4. The van der Waals surface area contributed by atoms with Crippen LogP contribution in [0.5, 0.6) is 0 Å². The Morgan fingerprint density at radius 3 is 2.71 bits per heavy atom. The Morgan fingerprint density at radius 2 is 1.88 bits per heavy atom. The number of rotatable bonds is 5. The molecule has 5 rings (SSSR count). The number of aromatic nitrogens is 4. The Labute approximate surface area is 193 Å². The maximum absolute atomic E-state index is 15.3. The van der Waals surface area contributed by atoms with Crippen molar-refractivity contribution in [3.63, 3.8) is 0 Å². The first kappa shape index (κ1) is 21.8. The third-order valence-corrected chi connectivity index (χ3v) is 5.62. The normalized spacial score (nSPS) is 17.9. The number of halogens is 2. The van der Waals surface area contributed by atoms with E-state index in [0.717, 1.165) is 0 Å². The van der Waals surface area contributed by atoms with Gasteiger partial charge in [0.05, 0.1) is 24.1 Å². The molecule has 0 unspecified atom stereocenters. The van der Waals surface area contributed by atoms with Crippen molar-refractivity contribution in [3.05, 3.63) is 72.6 Å². The highest BCUT2D eigenvalue weighted by Crippen LogP contribution is 2.26. The lowest BCUT2D eigenvalue weighted by molar-refractivity contribution is 0.102. The number of alkyl halides is 1. The number of piperidine rings is 1. The first-order valence-electron chi connectivity index (χ1n) is 10.8. The lowest BCUT2D eigenvalue weighted by Gasteiger charge is -2.27. The molecular formula is C24H21F2N7O. The summed E-state index contributed by atoms with van der Waals surface area (Å²) in [7, 11) is 0. The molecule has 1 aliphatic rings. The fraction of sp³-hybridized carbons (Fsp3) is 0.208. The first-order valence-corrected chi connectivity index (χ1v) is 10.8. The number of anilines is 2. The van der Waals surface area contributed by atoms with E-state index in [9.17, 15) is 9.18 Å². The number of carbonyl (C=O) groups is 1. The van der Waals surface area contributed by atoms with Gasteiger partial charge in [-0.3, -0.25) is 14.8 Å². The summed E-state index contributed by atoms with van der Waals surface area (Å²) in [4.78, 5) is 29.5. The molecule has 4 aromatic rings. The minimum absolute atomic E-state index is 0.181. The number of fused-ring (bicyclic) bond motifs is 1. The lowest BCUT2D eigenvalue weighted by atomic mass is 10.1. The highest BCUT2D eigenvalue weighted by Gasteiger charge is 2.24. The minimum Gasteiger partial charge on any atom is -0.363 e. The summed E-state index contributed by atoms with van der Waals surface area (Å²) in [5.74, 6) is -0.906. The monoisotopic (exact) mass is 461 g/mol. The largest absolute Gasteiger partial charge is 0.363 e. The second kappa shape index (κ2) is 9.44. The highest BCUT2D eigenvalue weighted by atomic mass is 19.1. The second-order valence-corrected chi connectivity index (χ2v) is 7.95. The summed E-state index contributed by atoms with van der Waals surface area (Å²) in [6, 6.07) is 9.65. The summed E-state index contributed by atoms with van der Waals surface area (Å²) in [5.41, 5.74) is 1.18. The number of benzene rings is 1. The van der Waals surface area contributed by atoms with Gasteiger partial charge in [-0.15, -0.1) is 0 Å². The Bertz CT molecular complexity index is 1340. The van der Waals surface area contributed by atoms with Crippen molar-refractivity contribution >= 4 is 28.3 Å². The first-order chi connectivity index (χ1) is 16.6. The molecule has 34 heavy (non-hydrogen) atoms. The van der Waals surface area contributed by atoms with E-state index >= 15 is 4.39 Å². The summed E-state index contributed by atoms with van der Waals surface area (Å²) < 4.78 is 29.4. The van der Waals surface area contributed by atoms with Gasteiger partial charge < -0.3 is 16.0 Å². The average molecular weight is 461 g/mol. The smallest absolute Gasteiger partial charge is 0.256 e. The maximum Gasteiger partial charge on any atom is 0.256 e. The van der Waals surface area contributed by atoms with Gasteiger partial charge in [-0.2, -0.15) is 0 Å². The molecule has 0 radical (unpaired) electrons. The summed E-state index contributed by atoms with van der Waals surface area (Å²) in [6.07, 6.45) is 5.53. The molecule has 0 aliphatic carbocycles. The second-order valence-electron chi connectivity index (χ2n) is 7.95. The molecule has 1 saturated heterocycles. The van der Waals surface area contributed by atoms with Crippen molar-refractivity contribution in [2.75, 3.05) is 23.7 Å². The van der Waals surface area contributed by atoms with Crippen LogP contribution >= 0.6 is 0 Å². The molecule has 3 aromatic heterocycles. The van der Waals surface area contributed by atoms with Gasteiger partial charge in [-0.25, -0.2) is 18.7 Å². The summed E-state index contributed by atoms with van der Waals surface area (Å²) in [5, 5.41) is 9.30. The van der Waals surface area contributed by atoms with E-state index in [2.05, 4.69) is 35.9 Å². The van der Waals surface area contributed by atoms with Crippen LogP contribution in [0.15, 0.2) is 61.2 Å². The van der Waals surface area contributed by atoms with Crippen LogP contribution in [0, 0.1) is 5.82 Å². The van der Waals surface area contributed by atoms with Crippen LogP contribution in [0.4, 0.5) is 20.4 Å². The molecule has 8 nitrogen and oxygen atoms in total. The Morgan fingerprint density at radius 1 is 1.06 bits per heavy atom. The van der Waals surface area contributed by atoms with E-state index in [1.54, 1.807) is 30.3 Å². The van der Waals surface area contributed by atoms with Gasteiger partial charge >= 0.3 is 0 Å². The number of amides is 1. The van der Waals surface area contributed by atoms with Crippen LogP contribution < -0.4 is 16.0 Å². The molecule has 0 bridgehead atoms. The standard InChI is InChI=1S/C24H21F2N7O/c25-17-11-27-7-6-18(17)31-21-13-28-12-20(32-21)19-8-16-15(9-29-19)10-30-23(22(16)26)33-24(34)14-4-2-1-3-5-14/h1-5,8-10,12-13,17-18,27H,6-7,11H2,(H,31,32)(H,30,33,34)/t17-,18-/m0/s1. The predicted molar refractivity (Wildman–Crippen MR) is 125 cm³/mol. The number of carbonyl (C=O) groups excluding carboxylic acids is 1. The number of pyridine rings is 2. The summed E-state index contributed by atoms with van der Waals surface area (Å²) in [6.45, 7) is 1.00. The van der Waals surface area contributed by atoms with Crippen LogP contribution in [0.2, 0.25) is 0 Å². The van der Waals surface area contributed by atoms with Crippen molar-refractivity contribution in [1.82, 2.24) is 25.3 Å². The van der Waals surface area contributed by atoms with Crippen LogP contribution in [0.3, 0.4) is 0 Å². The van der Waals surface area contributed by atoms with Gasteiger partial charge in [-0.05, 0) is 31.2 Å². The van der Waals surface area contributed by atoms with Gasteiger partial charge in [0.25, 0.3) is 5.91 Å². The van der Waals surface area contributed by atoms with Crippen molar-refractivity contribution in [1.29, 1.82) is 0 Å². The molecule has 2 atom stereocenters. The molecule has 0 spiro atoms. The molecule has 1 fully saturated rings. The zero-order chi connectivity index (χ0) is 23.5. The molecule has 3 N–H and O–H groups in total. The SMILES string of the molecule is O=C(Nc1ncc2cnc(-c3cncc(N[C@H]4CCNC[C@@H]4F)n3)cc2c1F)c1ccccc1. The van der Waals surface area contributed by atoms with Gasteiger partial charge in [0, 0.05) is 35.3 Å². The van der Waals surface area contributed by atoms with Crippen molar-refractivity contribution in [3.8, 4) is 11.4 Å².